The number of carbonyl (C=O) groups is 1. The van der Waals surface area contributed by atoms with Crippen LogP contribution < -0.4 is 0 Å². The summed E-state index contributed by atoms with van der Waals surface area (Å²) in [6.45, 7) is 5.99. The Balaban J connectivity index is 0.00000162. The Labute approximate surface area is 214 Å². The molecule has 5 nitrogen and oxygen atoms in total. The summed E-state index contributed by atoms with van der Waals surface area (Å²) in [5.74, 6) is 0.131. The van der Waals surface area contributed by atoms with Gasteiger partial charge in [0.25, 0.3) is 5.91 Å². The van der Waals surface area contributed by atoms with Gasteiger partial charge in [-0.3, -0.25) is 9.69 Å². The Hall–Kier alpha value is -2.34. The molecular weight excluding hydrogens is 467 g/mol. The highest BCUT2D eigenvalue weighted by atomic mass is 35.5. The van der Waals surface area contributed by atoms with Crippen molar-refractivity contribution < 1.29 is 4.79 Å². The Morgan fingerprint density at radius 1 is 0.882 bits per heavy atom. The Bertz CT molecular complexity index is 1110. The highest BCUT2D eigenvalue weighted by Crippen LogP contribution is 2.23. The fourth-order valence-corrected chi connectivity index (χ4v) is 4.98. The van der Waals surface area contributed by atoms with Crippen molar-refractivity contribution in [3.8, 4) is 0 Å². The Morgan fingerprint density at radius 2 is 1.65 bits per heavy atom. The zero-order valence-corrected chi connectivity index (χ0v) is 21.2. The third-order valence-corrected chi connectivity index (χ3v) is 6.84. The number of hydrogen-bond acceptors (Lipinski definition) is 3. The zero-order chi connectivity index (χ0) is 21.8. The lowest BCUT2D eigenvalue weighted by Gasteiger charge is -2.26. The zero-order valence-electron chi connectivity index (χ0n) is 19.6. The van der Waals surface area contributed by atoms with Gasteiger partial charge in [0.15, 0.2) is 0 Å². The van der Waals surface area contributed by atoms with Gasteiger partial charge in [-0.25, -0.2) is 4.98 Å². The molecule has 0 radical (unpaired) electrons. The third-order valence-electron chi connectivity index (χ3n) is 6.84. The van der Waals surface area contributed by atoms with Crippen LogP contribution in [0.5, 0.6) is 0 Å². The van der Waals surface area contributed by atoms with Crippen LogP contribution in [0.15, 0.2) is 60.9 Å². The molecule has 2 aliphatic rings. The molecule has 5 rings (SSSR count). The van der Waals surface area contributed by atoms with Crippen LogP contribution in [0.2, 0.25) is 0 Å². The van der Waals surface area contributed by atoms with E-state index in [0.29, 0.717) is 0 Å². The largest absolute Gasteiger partial charge is 0.339 e. The average Bonchev–Trinajstić information content (AvgIpc) is 3.53. The van der Waals surface area contributed by atoms with Crippen molar-refractivity contribution in [2.75, 3.05) is 32.7 Å². The van der Waals surface area contributed by atoms with Crippen LogP contribution in [-0.2, 0) is 6.54 Å². The molecule has 182 valence electrons. The first-order chi connectivity index (χ1) is 15.8. The lowest BCUT2D eigenvalue weighted by atomic mass is 9.99. The summed E-state index contributed by atoms with van der Waals surface area (Å²) >= 11 is 0. The second-order valence-electron chi connectivity index (χ2n) is 8.96. The summed E-state index contributed by atoms with van der Waals surface area (Å²) < 4.78 is 2.21. The fraction of sp³-hybridized carbons (Fsp3) is 0.407. The summed E-state index contributed by atoms with van der Waals surface area (Å²) in [4.78, 5) is 22.0. The van der Waals surface area contributed by atoms with Gasteiger partial charge in [0.05, 0.1) is 17.4 Å². The Morgan fingerprint density at radius 3 is 2.38 bits per heavy atom. The number of imidazole rings is 1. The number of halogens is 2. The molecule has 0 bridgehead atoms. The van der Waals surface area contributed by atoms with Crippen molar-refractivity contribution in [2.24, 2.45) is 0 Å². The molecule has 0 aliphatic carbocycles. The van der Waals surface area contributed by atoms with Gasteiger partial charge in [-0.2, -0.15) is 0 Å². The fourth-order valence-electron chi connectivity index (χ4n) is 4.98. The number of rotatable bonds is 7. The molecule has 7 heteroatoms. The first-order valence-corrected chi connectivity index (χ1v) is 12.0. The monoisotopic (exact) mass is 500 g/mol. The standard InChI is InChI=1S/C27H32N4O.2ClH/c32-27(30-16-6-7-17-30)24-11-8-12-25-26(24)28-21-31(25)18-5-4-15-29-19-13-23(14-20-29)22-9-2-1-3-10-22;;/h1-3,8-13,21H,4-7,14-20H2;2*1H. The number of amides is 1. The van der Waals surface area contributed by atoms with E-state index in [-0.39, 0.29) is 30.7 Å². The van der Waals surface area contributed by atoms with E-state index in [0.717, 1.165) is 81.5 Å². The molecule has 1 amide bonds. The predicted octanol–water partition coefficient (Wildman–Crippen LogP) is 5.69. The molecule has 1 fully saturated rings. The molecule has 0 saturated carbocycles. The molecule has 1 saturated heterocycles. The molecule has 0 atom stereocenters. The van der Waals surface area contributed by atoms with Gasteiger partial charge in [-0.15, -0.1) is 24.8 Å². The molecule has 3 aromatic rings. The molecule has 0 spiro atoms. The van der Waals surface area contributed by atoms with Crippen molar-refractivity contribution >= 4 is 47.3 Å². The molecule has 0 unspecified atom stereocenters. The normalized spacial score (nSPS) is 16.1. The number of aryl methyl sites for hydroxylation is 1. The van der Waals surface area contributed by atoms with Crippen LogP contribution in [0.1, 0.15) is 48.0 Å². The number of para-hydroxylation sites is 1. The van der Waals surface area contributed by atoms with E-state index >= 15 is 0 Å². The van der Waals surface area contributed by atoms with Crippen molar-refractivity contribution in [2.45, 2.75) is 38.6 Å². The van der Waals surface area contributed by atoms with E-state index in [9.17, 15) is 4.79 Å². The number of carbonyl (C=O) groups excluding carboxylic acids is 1. The van der Waals surface area contributed by atoms with Crippen LogP contribution in [0.25, 0.3) is 16.6 Å². The van der Waals surface area contributed by atoms with Gasteiger partial charge in [-0.05, 0) is 61.9 Å². The minimum atomic E-state index is 0. The number of benzene rings is 2. The van der Waals surface area contributed by atoms with E-state index in [1.807, 2.05) is 23.4 Å². The van der Waals surface area contributed by atoms with Crippen LogP contribution >= 0.6 is 24.8 Å². The summed E-state index contributed by atoms with van der Waals surface area (Å²) in [5, 5.41) is 0. The third kappa shape index (κ3) is 5.83. The highest BCUT2D eigenvalue weighted by molar-refractivity contribution is 6.05. The highest BCUT2D eigenvalue weighted by Gasteiger charge is 2.22. The van der Waals surface area contributed by atoms with Crippen molar-refractivity contribution in [1.82, 2.24) is 19.4 Å². The van der Waals surface area contributed by atoms with Crippen molar-refractivity contribution in [3.63, 3.8) is 0 Å². The van der Waals surface area contributed by atoms with Gasteiger partial charge >= 0.3 is 0 Å². The van der Waals surface area contributed by atoms with Crippen LogP contribution in [0.3, 0.4) is 0 Å². The summed E-state index contributed by atoms with van der Waals surface area (Å²) in [7, 11) is 0. The van der Waals surface area contributed by atoms with Crippen LogP contribution in [0, 0.1) is 0 Å². The van der Waals surface area contributed by atoms with Gasteiger partial charge in [0.2, 0.25) is 0 Å². The Kier molecular flexibility index (Phi) is 9.57. The van der Waals surface area contributed by atoms with Gasteiger partial charge in [0.1, 0.15) is 5.52 Å². The average molecular weight is 502 g/mol. The summed E-state index contributed by atoms with van der Waals surface area (Å²) in [6.07, 6.45) is 9.92. The van der Waals surface area contributed by atoms with Gasteiger partial charge < -0.3 is 9.47 Å². The van der Waals surface area contributed by atoms with E-state index < -0.39 is 0 Å². The topological polar surface area (TPSA) is 41.4 Å². The SMILES string of the molecule is Cl.Cl.O=C(c1cccc2c1ncn2CCCCN1CC=C(c2ccccc2)CC1)N1CCCC1. The second-order valence-corrected chi connectivity index (χ2v) is 8.96. The maximum absolute atomic E-state index is 12.9. The minimum absolute atomic E-state index is 0. The summed E-state index contributed by atoms with van der Waals surface area (Å²) in [6, 6.07) is 16.7. The van der Waals surface area contributed by atoms with Crippen LogP contribution in [0.4, 0.5) is 0 Å². The molecule has 3 heterocycles. The molecular formula is C27H34Cl2N4O. The first-order valence-electron chi connectivity index (χ1n) is 12.0. The molecule has 34 heavy (non-hydrogen) atoms. The van der Waals surface area contributed by atoms with E-state index in [1.54, 1.807) is 0 Å². The van der Waals surface area contributed by atoms with Crippen molar-refractivity contribution in [1.29, 1.82) is 0 Å². The molecule has 0 N–H and O–H groups in total. The van der Waals surface area contributed by atoms with E-state index in [2.05, 4.69) is 56.9 Å². The number of fused-ring (bicyclic) bond motifs is 1. The molecule has 2 aromatic carbocycles. The number of aromatic nitrogens is 2. The maximum atomic E-state index is 12.9. The van der Waals surface area contributed by atoms with Crippen LogP contribution in [-0.4, -0.2) is 58.0 Å². The first kappa shape index (κ1) is 26.3. The molecule has 1 aromatic heterocycles. The van der Waals surface area contributed by atoms with Gasteiger partial charge in [0, 0.05) is 32.7 Å². The molecule has 2 aliphatic heterocycles. The quantitative estimate of drug-likeness (QED) is 0.391. The number of unbranched alkanes of at least 4 members (excludes halogenated alkanes) is 1. The van der Waals surface area contributed by atoms with E-state index in [1.165, 1.54) is 17.6 Å². The summed E-state index contributed by atoms with van der Waals surface area (Å²) in [5.41, 5.74) is 5.51. The minimum Gasteiger partial charge on any atom is -0.339 e. The number of hydrogen-bond donors (Lipinski definition) is 0. The number of nitrogens with zero attached hydrogens (tertiary/aromatic N) is 4. The number of likely N-dealkylation sites (tertiary alicyclic amines) is 1. The van der Waals surface area contributed by atoms with Gasteiger partial charge in [-0.1, -0.05) is 42.5 Å². The second kappa shape index (κ2) is 12.4. The van der Waals surface area contributed by atoms with E-state index in [4.69, 9.17) is 0 Å². The predicted molar refractivity (Wildman–Crippen MR) is 144 cm³/mol. The lowest BCUT2D eigenvalue weighted by Crippen LogP contribution is -2.29. The maximum Gasteiger partial charge on any atom is 0.256 e. The lowest BCUT2D eigenvalue weighted by molar-refractivity contribution is 0.0794. The smallest absolute Gasteiger partial charge is 0.256 e. The van der Waals surface area contributed by atoms with Crippen molar-refractivity contribution in [3.05, 3.63) is 72.1 Å².